The Bertz CT molecular complexity index is 1440. The van der Waals surface area contributed by atoms with Crippen LogP contribution in [0.4, 0.5) is 14.5 Å². The second-order valence-corrected chi connectivity index (χ2v) is 8.06. The Labute approximate surface area is 191 Å². The first-order chi connectivity index (χ1) is 15.8. The number of rotatable bonds is 6. The molecule has 0 saturated carbocycles. The van der Waals surface area contributed by atoms with Crippen molar-refractivity contribution < 1.29 is 18.4 Å². The highest BCUT2D eigenvalue weighted by Crippen LogP contribution is 2.24. The van der Waals surface area contributed by atoms with Crippen molar-refractivity contribution >= 4 is 40.0 Å². The van der Waals surface area contributed by atoms with Crippen molar-refractivity contribution in [3.05, 3.63) is 94.3 Å². The third-order valence-corrected chi connectivity index (χ3v) is 5.69. The van der Waals surface area contributed by atoms with E-state index in [-0.39, 0.29) is 33.7 Å². The number of fused-ring (bicyclic) bond motifs is 1. The lowest BCUT2D eigenvalue weighted by Crippen LogP contribution is -2.23. The normalized spacial score (nSPS) is 10.9. The highest BCUT2D eigenvalue weighted by atomic mass is 32.2. The van der Waals surface area contributed by atoms with Crippen LogP contribution in [0.1, 0.15) is 17.3 Å². The Balaban J connectivity index is 1.69. The number of benzene rings is 3. The van der Waals surface area contributed by atoms with Gasteiger partial charge < -0.3 is 5.32 Å². The maximum Gasteiger partial charge on any atom is 0.266 e. The molecule has 33 heavy (non-hydrogen) atoms. The zero-order valence-electron chi connectivity index (χ0n) is 17.3. The van der Waals surface area contributed by atoms with Crippen LogP contribution in [0.15, 0.2) is 76.7 Å². The van der Waals surface area contributed by atoms with E-state index in [1.807, 2.05) is 0 Å². The quantitative estimate of drug-likeness (QED) is 0.256. The fraction of sp³-hybridized carbons (Fsp3) is 0.0833. The molecule has 0 fully saturated rings. The van der Waals surface area contributed by atoms with Crippen LogP contribution >= 0.6 is 11.8 Å². The van der Waals surface area contributed by atoms with Gasteiger partial charge in [0.1, 0.15) is 11.6 Å². The molecule has 0 radical (unpaired) electrons. The molecule has 1 heterocycles. The average Bonchev–Trinajstić information content (AvgIpc) is 2.78. The van der Waals surface area contributed by atoms with Gasteiger partial charge in [-0.1, -0.05) is 23.9 Å². The van der Waals surface area contributed by atoms with E-state index in [9.17, 15) is 23.2 Å². The largest absolute Gasteiger partial charge is 0.326 e. The molecule has 6 nitrogen and oxygen atoms in total. The van der Waals surface area contributed by atoms with Gasteiger partial charge in [0, 0.05) is 24.2 Å². The van der Waals surface area contributed by atoms with Crippen LogP contribution in [0.25, 0.3) is 16.6 Å². The molecule has 4 rings (SSSR count). The van der Waals surface area contributed by atoms with Gasteiger partial charge in [-0.3, -0.25) is 19.0 Å². The molecule has 0 aliphatic rings. The molecule has 1 N–H and O–H groups in total. The van der Waals surface area contributed by atoms with Gasteiger partial charge in [0.15, 0.2) is 10.9 Å². The predicted molar refractivity (Wildman–Crippen MR) is 123 cm³/mol. The fourth-order valence-electron chi connectivity index (χ4n) is 3.24. The highest BCUT2D eigenvalue weighted by Gasteiger charge is 2.18. The van der Waals surface area contributed by atoms with Gasteiger partial charge in [0.2, 0.25) is 5.91 Å². The number of carbonyl (C=O) groups is 2. The zero-order chi connectivity index (χ0) is 23.5. The number of aromatic nitrogens is 2. The number of carbonyl (C=O) groups excluding carboxylic acids is 2. The topological polar surface area (TPSA) is 81.1 Å². The van der Waals surface area contributed by atoms with E-state index in [1.165, 1.54) is 6.92 Å². The molecule has 3 aromatic carbocycles. The van der Waals surface area contributed by atoms with Gasteiger partial charge in [-0.05, 0) is 48.5 Å². The summed E-state index contributed by atoms with van der Waals surface area (Å²) in [5, 5.41) is 2.99. The van der Waals surface area contributed by atoms with Crippen molar-refractivity contribution in [2.75, 3.05) is 11.1 Å². The van der Waals surface area contributed by atoms with Crippen LogP contribution in [0.2, 0.25) is 0 Å². The van der Waals surface area contributed by atoms with Gasteiger partial charge >= 0.3 is 0 Å². The third-order valence-electron chi connectivity index (χ3n) is 4.76. The lowest BCUT2D eigenvalue weighted by molar-refractivity contribution is -0.114. The number of Topliss-reactive ketones (excluding diaryl/α,β-unsaturated/α-hetero) is 1. The summed E-state index contributed by atoms with van der Waals surface area (Å²) in [7, 11) is 0. The number of thioether (sulfide) groups is 1. The molecular formula is C24H17F2N3O3S. The Morgan fingerprint density at radius 2 is 1.76 bits per heavy atom. The van der Waals surface area contributed by atoms with E-state index in [4.69, 9.17) is 0 Å². The van der Waals surface area contributed by atoms with E-state index < -0.39 is 17.2 Å². The number of ketones is 1. The Hall–Kier alpha value is -3.85. The first kappa shape index (κ1) is 22.3. The molecular weight excluding hydrogens is 448 g/mol. The Morgan fingerprint density at radius 3 is 2.45 bits per heavy atom. The van der Waals surface area contributed by atoms with Crippen molar-refractivity contribution in [2.24, 2.45) is 0 Å². The maximum absolute atomic E-state index is 14.6. The minimum Gasteiger partial charge on any atom is -0.326 e. The highest BCUT2D eigenvalue weighted by molar-refractivity contribution is 7.99. The number of nitrogens with one attached hydrogen (secondary N) is 1. The number of halogens is 2. The van der Waals surface area contributed by atoms with Crippen LogP contribution in [-0.4, -0.2) is 27.0 Å². The third kappa shape index (κ3) is 4.83. The van der Waals surface area contributed by atoms with Crippen molar-refractivity contribution in [3.63, 3.8) is 0 Å². The van der Waals surface area contributed by atoms with Gasteiger partial charge in [-0.15, -0.1) is 0 Å². The van der Waals surface area contributed by atoms with Crippen LogP contribution in [0, 0.1) is 11.6 Å². The number of nitrogens with zero attached hydrogens (tertiary/aromatic N) is 2. The SMILES string of the molecule is CC(=O)Nc1ccc(C(=O)CSc2nc3ccccc3c(=O)n2-c2ccc(F)cc2F)cc1. The zero-order valence-corrected chi connectivity index (χ0v) is 18.2. The average molecular weight is 465 g/mol. The second-order valence-electron chi connectivity index (χ2n) is 7.12. The van der Waals surface area contributed by atoms with Crippen LogP contribution < -0.4 is 10.9 Å². The maximum atomic E-state index is 14.6. The Kier molecular flexibility index (Phi) is 6.32. The van der Waals surface area contributed by atoms with E-state index in [2.05, 4.69) is 10.3 Å². The molecule has 1 aromatic heterocycles. The van der Waals surface area contributed by atoms with E-state index in [0.29, 0.717) is 22.8 Å². The molecule has 166 valence electrons. The smallest absolute Gasteiger partial charge is 0.266 e. The minimum absolute atomic E-state index is 0.0763. The van der Waals surface area contributed by atoms with Crippen molar-refractivity contribution in [3.8, 4) is 5.69 Å². The Morgan fingerprint density at radius 1 is 1.03 bits per heavy atom. The van der Waals surface area contributed by atoms with Gasteiger partial charge in [-0.2, -0.15) is 0 Å². The van der Waals surface area contributed by atoms with Crippen molar-refractivity contribution in [1.82, 2.24) is 9.55 Å². The second kappa shape index (κ2) is 9.33. The molecule has 0 unspecified atom stereocenters. The summed E-state index contributed by atoms with van der Waals surface area (Å²) in [6.45, 7) is 1.38. The first-order valence-electron chi connectivity index (χ1n) is 9.84. The summed E-state index contributed by atoms with van der Waals surface area (Å²) in [4.78, 5) is 41.5. The molecule has 0 saturated heterocycles. The number of anilines is 1. The molecule has 0 aliphatic carbocycles. The van der Waals surface area contributed by atoms with Crippen LogP contribution in [-0.2, 0) is 4.79 Å². The van der Waals surface area contributed by atoms with Gasteiger partial charge in [0.05, 0.1) is 22.3 Å². The summed E-state index contributed by atoms with van der Waals surface area (Å²) in [5.41, 5.74) is 0.675. The molecule has 0 bridgehead atoms. The molecule has 0 spiro atoms. The number of amides is 1. The van der Waals surface area contributed by atoms with Crippen LogP contribution in [0.3, 0.4) is 0 Å². The summed E-state index contributed by atoms with van der Waals surface area (Å²) < 4.78 is 29.0. The molecule has 4 aromatic rings. The fourth-order valence-corrected chi connectivity index (χ4v) is 4.14. The summed E-state index contributed by atoms with van der Waals surface area (Å²) in [6.07, 6.45) is 0. The first-order valence-corrected chi connectivity index (χ1v) is 10.8. The summed E-state index contributed by atoms with van der Waals surface area (Å²) >= 11 is 0.974. The van der Waals surface area contributed by atoms with Gasteiger partial charge in [-0.25, -0.2) is 13.8 Å². The van der Waals surface area contributed by atoms with E-state index in [1.54, 1.807) is 48.5 Å². The summed E-state index contributed by atoms with van der Waals surface area (Å²) in [6, 6.07) is 15.9. The lowest BCUT2D eigenvalue weighted by Gasteiger charge is -2.14. The van der Waals surface area contributed by atoms with Crippen molar-refractivity contribution in [1.29, 1.82) is 0 Å². The number of hydrogen-bond donors (Lipinski definition) is 1. The molecule has 9 heteroatoms. The number of para-hydroxylation sites is 1. The van der Waals surface area contributed by atoms with Crippen molar-refractivity contribution in [2.45, 2.75) is 12.1 Å². The summed E-state index contributed by atoms with van der Waals surface area (Å²) in [5.74, 6) is -2.24. The standard InChI is InChI=1S/C24H17F2N3O3S/c1-14(30)27-17-9-6-15(7-10-17)22(31)13-33-24-28-20-5-3-2-4-18(20)23(32)29(24)21-11-8-16(25)12-19(21)26/h2-12H,13H2,1H3,(H,27,30). The monoisotopic (exact) mass is 465 g/mol. The van der Waals surface area contributed by atoms with E-state index >= 15 is 0 Å². The van der Waals surface area contributed by atoms with Gasteiger partial charge in [0.25, 0.3) is 5.56 Å². The molecule has 0 atom stereocenters. The van der Waals surface area contributed by atoms with E-state index in [0.717, 1.165) is 28.5 Å². The van der Waals surface area contributed by atoms with Crippen LogP contribution in [0.5, 0.6) is 0 Å². The molecule has 1 amide bonds. The number of hydrogen-bond acceptors (Lipinski definition) is 5. The predicted octanol–water partition coefficient (Wildman–Crippen LogP) is 4.60. The minimum atomic E-state index is -0.920. The lowest BCUT2D eigenvalue weighted by atomic mass is 10.1. The molecule has 0 aliphatic heterocycles.